The van der Waals surface area contributed by atoms with Crippen LogP contribution >= 0.6 is 11.8 Å². The number of hydrogen-bond donors (Lipinski definition) is 1. The maximum atomic E-state index is 12.8. The second-order valence-electron chi connectivity index (χ2n) is 6.88. The van der Waals surface area contributed by atoms with Crippen LogP contribution in [0.25, 0.3) is 0 Å². The smallest absolute Gasteiger partial charge is 0.284 e. The number of rotatable bonds is 3. The first-order valence-corrected chi connectivity index (χ1v) is 11.7. The van der Waals surface area contributed by atoms with Gasteiger partial charge in [0.1, 0.15) is 11.9 Å². The summed E-state index contributed by atoms with van der Waals surface area (Å²) in [5, 5.41) is 4.45. The van der Waals surface area contributed by atoms with Crippen molar-refractivity contribution in [1.29, 1.82) is 0 Å². The zero-order valence-electron chi connectivity index (χ0n) is 16.4. The summed E-state index contributed by atoms with van der Waals surface area (Å²) < 4.78 is 35.3. The molecule has 10 heteroatoms. The minimum atomic E-state index is -4.00. The first kappa shape index (κ1) is 20.4. The number of amides is 1. The van der Waals surface area contributed by atoms with Crippen molar-refractivity contribution in [2.24, 2.45) is 9.50 Å². The van der Waals surface area contributed by atoms with Crippen molar-refractivity contribution in [3.63, 3.8) is 0 Å². The third-order valence-corrected chi connectivity index (χ3v) is 6.87. The van der Waals surface area contributed by atoms with Crippen LogP contribution < -0.4 is 15.1 Å². The molecule has 1 N–H and O–H groups in total. The molecule has 1 amide bonds. The Kier molecular flexibility index (Phi) is 5.52. The van der Waals surface area contributed by atoms with Gasteiger partial charge in [-0.15, -0.1) is 4.40 Å². The summed E-state index contributed by atoms with van der Waals surface area (Å²) in [5.41, 5.74) is 4.93. The number of ether oxygens (including phenoxy) is 1. The lowest BCUT2D eigenvalue weighted by atomic mass is 10.1. The average Bonchev–Trinajstić information content (AvgIpc) is 2.73. The van der Waals surface area contributed by atoms with Crippen molar-refractivity contribution in [2.75, 3.05) is 17.2 Å². The van der Waals surface area contributed by atoms with E-state index in [9.17, 15) is 13.2 Å². The molecule has 0 radical (unpaired) electrons. The summed E-state index contributed by atoms with van der Waals surface area (Å²) in [4.78, 5) is 13.5. The first-order valence-electron chi connectivity index (χ1n) is 9.28. The molecule has 0 aromatic heterocycles. The Labute approximate surface area is 179 Å². The number of fused-ring (bicyclic) bond motifs is 1. The number of hydrogen-bond acceptors (Lipinski definition) is 6. The van der Waals surface area contributed by atoms with Crippen LogP contribution in [0, 0.1) is 0 Å². The lowest BCUT2D eigenvalue weighted by Gasteiger charge is -2.33. The molecule has 30 heavy (non-hydrogen) atoms. The van der Waals surface area contributed by atoms with E-state index in [1.54, 1.807) is 6.07 Å². The van der Waals surface area contributed by atoms with Gasteiger partial charge >= 0.3 is 0 Å². The molecule has 2 aliphatic heterocycles. The van der Waals surface area contributed by atoms with Gasteiger partial charge in [0.2, 0.25) is 5.91 Å². The number of amidine groups is 1. The normalized spacial score (nSPS) is 20.1. The van der Waals surface area contributed by atoms with Crippen molar-refractivity contribution >= 4 is 44.3 Å². The predicted octanol–water partition coefficient (Wildman–Crippen LogP) is 2.61. The zero-order valence-corrected chi connectivity index (χ0v) is 18.0. The third-order valence-electron chi connectivity index (χ3n) is 4.61. The second kappa shape index (κ2) is 8.11. The van der Waals surface area contributed by atoms with Gasteiger partial charge in [-0.1, -0.05) is 42.1 Å². The summed E-state index contributed by atoms with van der Waals surface area (Å²) in [7, 11) is -4.00. The highest BCUT2D eigenvalue weighted by molar-refractivity contribution is 8.15. The fraction of sp³-hybridized carbons (Fsp3) is 0.250. The fourth-order valence-corrected chi connectivity index (χ4v) is 5.16. The van der Waals surface area contributed by atoms with E-state index in [-0.39, 0.29) is 22.1 Å². The minimum absolute atomic E-state index is 0.0154. The number of carbonyl (C=O) groups excluding carboxylic acids is 1. The van der Waals surface area contributed by atoms with Crippen molar-refractivity contribution in [1.82, 2.24) is 5.43 Å². The van der Waals surface area contributed by atoms with E-state index in [0.717, 1.165) is 11.3 Å². The van der Waals surface area contributed by atoms with Gasteiger partial charge in [-0.25, -0.2) is 0 Å². The van der Waals surface area contributed by atoms with Gasteiger partial charge in [-0.05, 0) is 30.7 Å². The standard InChI is InChI=1S/C20H20N4O4S2/c1-13-11-24(14(2)25)18-10-16(8-9-19(18)28-13)30(26,27)23-20-22-21-17(12-29-20)15-6-4-3-5-7-15/h3-10,13H,11-12H2,1-2H3,(H,22,23). The molecular formula is C20H20N4O4S2. The van der Waals surface area contributed by atoms with Gasteiger partial charge in [0.05, 0.1) is 22.8 Å². The number of anilines is 1. The van der Waals surface area contributed by atoms with Crippen molar-refractivity contribution in [3.8, 4) is 5.75 Å². The van der Waals surface area contributed by atoms with Crippen LogP contribution in [0.1, 0.15) is 19.4 Å². The van der Waals surface area contributed by atoms with Gasteiger partial charge in [0.15, 0.2) is 5.17 Å². The molecule has 0 fully saturated rings. The molecule has 0 saturated carbocycles. The molecule has 156 valence electrons. The Bertz CT molecular complexity index is 1150. The molecule has 0 bridgehead atoms. The molecule has 2 aromatic carbocycles. The molecule has 0 aliphatic carbocycles. The van der Waals surface area contributed by atoms with Crippen molar-refractivity contribution < 1.29 is 17.9 Å². The predicted molar refractivity (Wildman–Crippen MR) is 118 cm³/mol. The molecule has 4 rings (SSSR count). The summed E-state index contributed by atoms with van der Waals surface area (Å²) in [6.07, 6.45) is -0.177. The van der Waals surface area contributed by atoms with Crippen molar-refractivity contribution in [2.45, 2.75) is 24.8 Å². The van der Waals surface area contributed by atoms with Crippen LogP contribution in [-0.2, 0) is 14.8 Å². The molecular weight excluding hydrogens is 424 g/mol. The van der Waals surface area contributed by atoms with E-state index in [4.69, 9.17) is 4.74 Å². The molecule has 1 atom stereocenters. The molecule has 0 spiro atoms. The Morgan fingerprint density at radius 3 is 2.70 bits per heavy atom. The topological polar surface area (TPSA) is 100 Å². The number of benzene rings is 2. The largest absolute Gasteiger partial charge is 0.487 e. The summed E-state index contributed by atoms with van der Waals surface area (Å²) in [5.74, 6) is 0.789. The zero-order chi connectivity index (χ0) is 21.3. The number of hydrazone groups is 1. The van der Waals surface area contributed by atoms with Crippen LogP contribution in [0.3, 0.4) is 0 Å². The minimum Gasteiger partial charge on any atom is -0.487 e. The van der Waals surface area contributed by atoms with E-state index in [1.807, 2.05) is 37.3 Å². The van der Waals surface area contributed by atoms with Gasteiger partial charge < -0.3 is 9.64 Å². The average molecular weight is 445 g/mol. The number of carbonyl (C=O) groups is 1. The number of nitrogens with zero attached hydrogens (tertiary/aromatic N) is 3. The van der Waals surface area contributed by atoms with Gasteiger partial charge in [0.25, 0.3) is 10.0 Å². The maximum Gasteiger partial charge on any atom is 0.284 e. The molecule has 1 unspecified atom stereocenters. The molecule has 2 heterocycles. The number of nitrogens with one attached hydrogen (secondary N) is 1. The number of thioether (sulfide) groups is 1. The molecule has 2 aromatic rings. The summed E-state index contributed by atoms with van der Waals surface area (Å²) in [6, 6.07) is 14.1. The summed E-state index contributed by atoms with van der Waals surface area (Å²) >= 11 is 1.26. The molecule has 8 nitrogen and oxygen atoms in total. The van der Waals surface area contributed by atoms with Gasteiger partial charge in [-0.3, -0.25) is 10.2 Å². The highest BCUT2D eigenvalue weighted by Crippen LogP contribution is 2.36. The van der Waals surface area contributed by atoms with E-state index in [0.29, 0.717) is 23.7 Å². The Morgan fingerprint density at radius 2 is 2.03 bits per heavy atom. The van der Waals surface area contributed by atoms with Crippen LogP contribution in [0.4, 0.5) is 5.69 Å². The van der Waals surface area contributed by atoms with Gasteiger partial charge in [0, 0.05) is 12.7 Å². The van der Waals surface area contributed by atoms with Crippen LogP contribution in [0.5, 0.6) is 5.75 Å². The van der Waals surface area contributed by atoms with Crippen molar-refractivity contribution in [3.05, 3.63) is 54.1 Å². The highest BCUT2D eigenvalue weighted by atomic mass is 32.2. The first-order chi connectivity index (χ1) is 14.3. The third kappa shape index (κ3) is 4.19. The number of sulfonamides is 1. The Morgan fingerprint density at radius 1 is 1.27 bits per heavy atom. The fourth-order valence-electron chi connectivity index (χ4n) is 3.18. The maximum absolute atomic E-state index is 12.8. The van der Waals surface area contributed by atoms with E-state index in [1.165, 1.54) is 35.7 Å². The lowest BCUT2D eigenvalue weighted by Crippen LogP contribution is -2.41. The lowest BCUT2D eigenvalue weighted by molar-refractivity contribution is -0.117. The summed E-state index contributed by atoms with van der Waals surface area (Å²) in [6.45, 7) is 3.65. The SMILES string of the molecule is CC(=O)N1CC(C)Oc2ccc(S(=O)(=O)/N=C3/NN=C(c4ccccc4)CS3)cc21. The van der Waals surface area contributed by atoms with E-state index >= 15 is 0 Å². The van der Waals surface area contributed by atoms with Gasteiger partial charge in [-0.2, -0.15) is 13.5 Å². The Hall–Kier alpha value is -2.85. The quantitative estimate of drug-likeness (QED) is 0.781. The van der Waals surface area contributed by atoms with Crippen LogP contribution in [0.2, 0.25) is 0 Å². The van der Waals surface area contributed by atoms with E-state index in [2.05, 4.69) is 14.9 Å². The highest BCUT2D eigenvalue weighted by Gasteiger charge is 2.28. The molecule has 2 aliphatic rings. The monoisotopic (exact) mass is 444 g/mol. The van der Waals surface area contributed by atoms with Crippen LogP contribution in [0.15, 0.2) is 62.9 Å². The van der Waals surface area contributed by atoms with E-state index < -0.39 is 10.0 Å². The molecule has 0 saturated heterocycles. The van der Waals surface area contributed by atoms with Crippen LogP contribution in [-0.4, -0.2) is 43.6 Å². The Balaban J connectivity index is 1.60. The second-order valence-corrected chi connectivity index (χ2v) is 9.45.